The maximum absolute atomic E-state index is 13.9. The monoisotopic (exact) mass is 548 g/mol. The molecule has 9 nitrogen and oxygen atoms in total. The Bertz CT molecular complexity index is 1400. The number of methoxy groups -OCH3 is 1. The van der Waals surface area contributed by atoms with Gasteiger partial charge in [0.2, 0.25) is 5.78 Å². The summed E-state index contributed by atoms with van der Waals surface area (Å²) in [5.74, 6) is -0.0280. The van der Waals surface area contributed by atoms with Crippen LogP contribution in [-0.2, 0) is 9.53 Å². The Morgan fingerprint density at radius 3 is 2.62 bits per heavy atom. The molecule has 2 aromatic carbocycles. The van der Waals surface area contributed by atoms with Crippen LogP contribution >= 0.6 is 0 Å². The number of benzene rings is 2. The third kappa shape index (κ3) is 5.71. The summed E-state index contributed by atoms with van der Waals surface area (Å²) >= 11 is 0. The van der Waals surface area contributed by atoms with Crippen molar-refractivity contribution in [1.82, 2.24) is 9.80 Å². The molecular weight excluding hydrogens is 512 g/mol. The van der Waals surface area contributed by atoms with Crippen molar-refractivity contribution < 1.29 is 33.3 Å². The third-order valence-corrected chi connectivity index (χ3v) is 7.40. The first-order chi connectivity index (χ1) is 19.4. The molecule has 0 radical (unpaired) electrons. The van der Waals surface area contributed by atoms with Gasteiger partial charge in [0, 0.05) is 31.6 Å². The van der Waals surface area contributed by atoms with Gasteiger partial charge in [0.1, 0.15) is 5.75 Å². The second-order valence-corrected chi connectivity index (χ2v) is 10.5. The number of fused-ring (bicyclic) bond motifs is 1. The van der Waals surface area contributed by atoms with Crippen LogP contribution in [0.2, 0.25) is 0 Å². The second-order valence-electron chi connectivity index (χ2n) is 10.5. The minimum atomic E-state index is -0.801. The number of furan rings is 1. The molecule has 0 saturated carbocycles. The highest BCUT2D eigenvalue weighted by atomic mass is 16.5. The number of aliphatic hydroxyl groups excluding tert-OH is 1. The molecule has 2 aliphatic heterocycles. The molecule has 0 bridgehead atoms. The van der Waals surface area contributed by atoms with Gasteiger partial charge in [-0.1, -0.05) is 38.1 Å². The summed E-state index contributed by atoms with van der Waals surface area (Å²) in [6.07, 6.45) is 0.901. The molecule has 3 heterocycles. The van der Waals surface area contributed by atoms with Gasteiger partial charge in [-0.2, -0.15) is 0 Å². The van der Waals surface area contributed by atoms with Crippen LogP contribution in [0.15, 0.2) is 64.3 Å². The highest BCUT2D eigenvalue weighted by molar-refractivity contribution is 6.16. The minimum Gasteiger partial charge on any atom is -0.503 e. The third-order valence-electron chi connectivity index (χ3n) is 7.40. The first-order valence-corrected chi connectivity index (χ1v) is 13.8. The Morgan fingerprint density at radius 1 is 1.10 bits per heavy atom. The molecule has 1 amide bonds. The quantitative estimate of drug-likeness (QED) is 0.342. The van der Waals surface area contributed by atoms with Crippen molar-refractivity contribution in [1.29, 1.82) is 0 Å². The molecule has 5 rings (SSSR count). The molecule has 40 heavy (non-hydrogen) atoms. The number of aliphatic hydroxyl groups is 1. The van der Waals surface area contributed by atoms with Crippen LogP contribution in [0.3, 0.4) is 0 Å². The molecule has 9 heteroatoms. The van der Waals surface area contributed by atoms with E-state index in [9.17, 15) is 14.7 Å². The zero-order valence-corrected chi connectivity index (χ0v) is 23.2. The summed E-state index contributed by atoms with van der Waals surface area (Å²) in [5.41, 5.74) is 1.10. The van der Waals surface area contributed by atoms with Gasteiger partial charge in [-0.15, -0.1) is 0 Å². The van der Waals surface area contributed by atoms with Crippen LogP contribution in [0.4, 0.5) is 0 Å². The number of amides is 1. The number of Topliss-reactive ketones (excluding diaryl/α,β-unsaturated/α-hetero) is 1. The molecule has 212 valence electrons. The molecular formula is C31H36N2O7. The van der Waals surface area contributed by atoms with E-state index in [0.717, 1.165) is 19.5 Å². The maximum Gasteiger partial charge on any atom is 0.290 e. The van der Waals surface area contributed by atoms with E-state index in [1.807, 2.05) is 36.4 Å². The number of hydrogen-bond donors (Lipinski definition) is 1. The lowest BCUT2D eigenvalue weighted by Crippen LogP contribution is -2.43. The van der Waals surface area contributed by atoms with Gasteiger partial charge in [0.25, 0.3) is 5.91 Å². The van der Waals surface area contributed by atoms with E-state index < -0.39 is 23.5 Å². The van der Waals surface area contributed by atoms with Crippen molar-refractivity contribution in [2.24, 2.45) is 5.92 Å². The van der Waals surface area contributed by atoms with Gasteiger partial charge in [-0.25, -0.2) is 0 Å². The highest BCUT2D eigenvalue weighted by Gasteiger charge is 2.44. The second kappa shape index (κ2) is 12.1. The predicted octanol–water partition coefficient (Wildman–Crippen LogP) is 4.78. The lowest BCUT2D eigenvalue weighted by atomic mass is 9.94. The van der Waals surface area contributed by atoms with Gasteiger partial charge >= 0.3 is 0 Å². The number of ether oxygens (including phenoxy) is 3. The molecule has 1 unspecified atom stereocenters. The first kappa shape index (κ1) is 27.7. The van der Waals surface area contributed by atoms with E-state index in [1.165, 1.54) is 7.11 Å². The van der Waals surface area contributed by atoms with Crippen molar-refractivity contribution in [2.45, 2.75) is 26.3 Å². The first-order valence-electron chi connectivity index (χ1n) is 13.8. The number of nitrogens with zero attached hydrogens (tertiary/aromatic N) is 2. The van der Waals surface area contributed by atoms with Crippen LogP contribution in [0.25, 0.3) is 11.0 Å². The smallest absolute Gasteiger partial charge is 0.290 e. The standard InChI is InChI=1S/C31H36N2O7/c1-20(2)10-15-39-23-8-4-6-21(18-23)27-26(28(34)25-19-22-7-5-9-24(37-3)30(22)40-25)29(35)31(36)33(27)12-11-32-13-16-38-17-14-32/h4-9,18-20,27,35H,10-17H2,1-3H3. The van der Waals surface area contributed by atoms with Gasteiger partial charge in [0.05, 0.1) is 38.5 Å². The Hall–Kier alpha value is -3.82. The number of carbonyl (C=O) groups is 2. The Kier molecular flexibility index (Phi) is 8.42. The van der Waals surface area contributed by atoms with Gasteiger partial charge < -0.3 is 28.6 Å². The fourth-order valence-corrected chi connectivity index (χ4v) is 5.17. The van der Waals surface area contributed by atoms with Crippen LogP contribution in [0.1, 0.15) is 42.4 Å². The van der Waals surface area contributed by atoms with Gasteiger partial charge in [0.15, 0.2) is 22.9 Å². The molecule has 1 N–H and O–H groups in total. The maximum atomic E-state index is 13.9. The zero-order chi connectivity index (χ0) is 28.2. The predicted molar refractivity (Wildman–Crippen MR) is 150 cm³/mol. The van der Waals surface area contributed by atoms with Gasteiger partial charge in [-0.3, -0.25) is 14.5 Å². The topological polar surface area (TPSA) is 102 Å². The molecule has 0 spiro atoms. The SMILES string of the molecule is COc1cccc2cc(C(=O)C3=C(O)C(=O)N(CCN4CCOCC4)C3c3cccc(OCCC(C)C)c3)oc12. The highest BCUT2D eigenvalue weighted by Crippen LogP contribution is 2.41. The lowest BCUT2D eigenvalue weighted by molar-refractivity contribution is -0.129. The summed E-state index contributed by atoms with van der Waals surface area (Å²) in [6.45, 7) is 8.54. The lowest BCUT2D eigenvalue weighted by Gasteiger charge is -2.31. The molecule has 2 aliphatic rings. The number of rotatable bonds is 11. The van der Waals surface area contributed by atoms with E-state index in [1.54, 1.807) is 17.0 Å². The largest absolute Gasteiger partial charge is 0.503 e. The molecule has 0 aliphatic carbocycles. The van der Waals surface area contributed by atoms with Crippen molar-refractivity contribution in [3.05, 3.63) is 71.2 Å². The van der Waals surface area contributed by atoms with E-state index in [2.05, 4.69) is 18.7 Å². The molecule has 1 fully saturated rings. The van der Waals surface area contributed by atoms with E-state index in [4.69, 9.17) is 18.6 Å². The van der Waals surface area contributed by atoms with Crippen LogP contribution in [0.5, 0.6) is 11.5 Å². The fraction of sp³-hybridized carbons (Fsp3) is 0.419. The van der Waals surface area contributed by atoms with Crippen LogP contribution < -0.4 is 9.47 Å². The summed E-state index contributed by atoms with van der Waals surface area (Å²) in [4.78, 5) is 31.2. The van der Waals surface area contributed by atoms with Crippen molar-refractivity contribution >= 4 is 22.7 Å². The normalized spacial score (nSPS) is 18.2. The number of para-hydroxylation sites is 1. The summed E-state index contributed by atoms with van der Waals surface area (Å²) in [6, 6.07) is 13.6. The van der Waals surface area contributed by atoms with E-state index in [0.29, 0.717) is 66.9 Å². The minimum absolute atomic E-state index is 0.00988. The molecule has 1 saturated heterocycles. The molecule has 1 aromatic heterocycles. The Balaban J connectivity index is 1.49. The number of hydrogen-bond acceptors (Lipinski definition) is 8. The molecule has 1 atom stereocenters. The number of morpholine rings is 1. The summed E-state index contributed by atoms with van der Waals surface area (Å²) < 4.78 is 22.7. The average Bonchev–Trinajstić information content (AvgIpc) is 3.51. The average molecular weight is 549 g/mol. The zero-order valence-electron chi connectivity index (χ0n) is 23.2. The van der Waals surface area contributed by atoms with Crippen molar-refractivity contribution in [3.8, 4) is 11.5 Å². The number of ketones is 1. The Morgan fingerprint density at radius 2 is 1.88 bits per heavy atom. The van der Waals surface area contributed by atoms with Crippen LogP contribution in [-0.4, -0.2) is 79.7 Å². The van der Waals surface area contributed by atoms with Crippen LogP contribution in [0, 0.1) is 5.92 Å². The van der Waals surface area contributed by atoms with Crippen molar-refractivity contribution in [2.75, 3.05) is 53.1 Å². The van der Waals surface area contributed by atoms with Gasteiger partial charge in [-0.05, 0) is 42.2 Å². The Labute approximate surface area is 233 Å². The summed E-state index contributed by atoms with van der Waals surface area (Å²) in [7, 11) is 1.53. The van der Waals surface area contributed by atoms with E-state index >= 15 is 0 Å². The molecule has 3 aromatic rings. The van der Waals surface area contributed by atoms with Crippen molar-refractivity contribution in [3.63, 3.8) is 0 Å². The fourth-order valence-electron chi connectivity index (χ4n) is 5.17. The van der Waals surface area contributed by atoms with E-state index in [-0.39, 0.29) is 11.3 Å². The number of carbonyl (C=O) groups excluding carboxylic acids is 2. The summed E-state index contributed by atoms with van der Waals surface area (Å²) in [5, 5.41) is 11.8.